The fourth-order valence-corrected chi connectivity index (χ4v) is 4.55. The minimum absolute atomic E-state index is 0.0108. The molecule has 1 N–H and O–H groups in total. The van der Waals surface area contributed by atoms with Gasteiger partial charge in [-0.1, -0.05) is 12.1 Å². The van der Waals surface area contributed by atoms with Crippen molar-refractivity contribution in [3.63, 3.8) is 0 Å². The quantitative estimate of drug-likeness (QED) is 0.623. The van der Waals surface area contributed by atoms with Gasteiger partial charge in [0, 0.05) is 16.8 Å². The first-order valence-electron chi connectivity index (χ1n) is 10.00. The first-order valence-corrected chi connectivity index (χ1v) is 11.0. The number of amides is 1. The van der Waals surface area contributed by atoms with Crippen molar-refractivity contribution >= 4 is 23.8 Å². The summed E-state index contributed by atoms with van der Waals surface area (Å²) in [5.74, 6) is -0.285. The average molecular weight is 483 g/mol. The minimum atomic E-state index is -2.94. The Kier molecular flexibility index (Phi) is 7.31. The molecule has 0 saturated carbocycles. The van der Waals surface area contributed by atoms with E-state index in [-0.39, 0.29) is 23.4 Å². The maximum absolute atomic E-state index is 13.3. The molecule has 1 amide bonds. The van der Waals surface area contributed by atoms with Gasteiger partial charge < -0.3 is 24.1 Å². The highest BCUT2D eigenvalue weighted by Gasteiger charge is 2.34. The third-order valence-electron chi connectivity index (χ3n) is 4.61. The number of benzene rings is 1. The lowest BCUT2D eigenvalue weighted by Gasteiger charge is -2.22. The summed E-state index contributed by atoms with van der Waals surface area (Å²) in [5.41, 5.74) is -0.0181. The van der Waals surface area contributed by atoms with Crippen molar-refractivity contribution < 1.29 is 32.6 Å². The van der Waals surface area contributed by atoms with Crippen LogP contribution < -0.4 is 15.6 Å². The molecule has 2 heterocycles. The summed E-state index contributed by atoms with van der Waals surface area (Å²) >= 11 is 1.27. The Balaban J connectivity index is 1.95. The number of halogens is 2. The Hall–Kier alpha value is -3.08. The zero-order chi connectivity index (χ0) is 24.3. The smallest absolute Gasteiger partial charge is 0.408 e. The van der Waals surface area contributed by atoms with Gasteiger partial charge in [0.25, 0.3) is 5.56 Å². The number of nitrogens with one attached hydrogen (secondary N) is 1. The number of rotatable bonds is 6. The van der Waals surface area contributed by atoms with Crippen LogP contribution in [0, 0.1) is 0 Å². The second-order valence-electron chi connectivity index (χ2n) is 8.24. The first-order chi connectivity index (χ1) is 15.5. The lowest BCUT2D eigenvalue weighted by molar-refractivity contribution is -0.0498. The summed E-state index contributed by atoms with van der Waals surface area (Å²) in [5, 5.41) is 2.70. The average Bonchev–Trinajstić information content (AvgIpc) is 3.12. The van der Waals surface area contributed by atoms with E-state index in [4.69, 9.17) is 9.47 Å². The largest absolute Gasteiger partial charge is 0.465 e. The number of carbonyl (C=O) groups is 2. The Bertz CT molecular complexity index is 1100. The van der Waals surface area contributed by atoms with Gasteiger partial charge in [-0.2, -0.15) is 8.78 Å². The van der Waals surface area contributed by atoms with Crippen molar-refractivity contribution in [3.8, 4) is 5.75 Å². The zero-order valence-electron chi connectivity index (χ0n) is 18.5. The molecular formula is C22H24F2N2O6S. The van der Waals surface area contributed by atoms with E-state index >= 15 is 0 Å². The van der Waals surface area contributed by atoms with Crippen LogP contribution in [0.15, 0.2) is 40.2 Å². The summed E-state index contributed by atoms with van der Waals surface area (Å²) in [7, 11) is 1.24. The molecule has 0 aliphatic carbocycles. The van der Waals surface area contributed by atoms with Crippen LogP contribution in [0.25, 0.3) is 0 Å². The van der Waals surface area contributed by atoms with E-state index in [0.717, 1.165) is 0 Å². The number of aromatic nitrogens is 1. The van der Waals surface area contributed by atoms with Crippen LogP contribution in [0.2, 0.25) is 0 Å². The number of alkyl halides is 2. The topological polar surface area (TPSA) is 95.9 Å². The van der Waals surface area contributed by atoms with E-state index in [9.17, 15) is 23.2 Å². The molecule has 0 saturated heterocycles. The molecule has 0 radical (unpaired) electrons. The molecular weight excluding hydrogens is 458 g/mol. The van der Waals surface area contributed by atoms with Crippen molar-refractivity contribution in [1.29, 1.82) is 0 Å². The van der Waals surface area contributed by atoms with Crippen LogP contribution in [0.3, 0.4) is 0 Å². The number of pyridine rings is 1. The molecule has 178 valence electrons. The number of nitrogens with zero attached hydrogens (tertiary/aromatic N) is 1. The normalized spacial score (nSPS) is 15.2. The Morgan fingerprint density at radius 3 is 2.48 bits per heavy atom. The maximum Gasteiger partial charge on any atom is 0.408 e. The molecule has 1 atom stereocenters. The highest BCUT2D eigenvalue weighted by molar-refractivity contribution is 7.99. The zero-order valence-corrected chi connectivity index (χ0v) is 19.3. The van der Waals surface area contributed by atoms with E-state index in [2.05, 4.69) is 10.1 Å². The molecule has 0 bridgehead atoms. The second kappa shape index (κ2) is 9.82. The van der Waals surface area contributed by atoms with Gasteiger partial charge in [-0.05, 0) is 38.5 Å². The number of hydrogen-bond donors (Lipinski definition) is 1. The van der Waals surface area contributed by atoms with Crippen molar-refractivity contribution in [2.24, 2.45) is 0 Å². The third-order valence-corrected chi connectivity index (χ3v) is 5.83. The molecule has 3 rings (SSSR count). The summed E-state index contributed by atoms with van der Waals surface area (Å²) in [6.07, 6.45) is 0.726. The highest BCUT2D eigenvalue weighted by atomic mass is 32.2. The van der Waals surface area contributed by atoms with Gasteiger partial charge in [0.05, 0.1) is 30.8 Å². The van der Waals surface area contributed by atoms with Crippen molar-refractivity contribution in [2.75, 3.05) is 12.9 Å². The lowest BCUT2D eigenvalue weighted by atomic mass is 10.1. The molecule has 8 nitrogen and oxygen atoms in total. The summed E-state index contributed by atoms with van der Waals surface area (Å²) in [4.78, 5) is 38.4. The number of fused-ring (bicyclic) bond motifs is 1. The van der Waals surface area contributed by atoms with Crippen molar-refractivity contribution in [3.05, 3.63) is 57.5 Å². The van der Waals surface area contributed by atoms with E-state index < -0.39 is 35.9 Å². The number of carbonyl (C=O) groups excluding carboxylic acids is 2. The highest BCUT2D eigenvalue weighted by Crippen LogP contribution is 2.39. The van der Waals surface area contributed by atoms with E-state index in [1.807, 2.05) is 0 Å². The van der Waals surface area contributed by atoms with E-state index in [1.165, 1.54) is 41.8 Å². The SMILES string of the molecule is COC(=O)c1cn(Cc2ccc(OC(F)F)cc2)c(=O)c2c1SC[C@@H]2NC(=O)OC(C)(C)C. The van der Waals surface area contributed by atoms with Gasteiger partial charge in [0.15, 0.2) is 0 Å². The molecule has 0 spiro atoms. The predicted octanol–water partition coefficient (Wildman–Crippen LogP) is 3.96. The molecule has 1 aromatic carbocycles. The molecule has 0 fully saturated rings. The van der Waals surface area contributed by atoms with Crippen LogP contribution in [0.5, 0.6) is 5.75 Å². The Morgan fingerprint density at radius 1 is 1.24 bits per heavy atom. The molecule has 2 aromatic rings. The molecule has 1 aromatic heterocycles. The van der Waals surface area contributed by atoms with Crippen molar-refractivity contribution in [1.82, 2.24) is 9.88 Å². The van der Waals surface area contributed by atoms with E-state index in [1.54, 1.807) is 32.9 Å². The van der Waals surface area contributed by atoms with Gasteiger partial charge >= 0.3 is 18.7 Å². The molecule has 33 heavy (non-hydrogen) atoms. The fourth-order valence-electron chi connectivity index (χ4n) is 3.29. The summed E-state index contributed by atoms with van der Waals surface area (Å²) in [6.45, 7) is 2.30. The van der Waals surface area contributed by atoms with Gasteiger partial charge in [-0.25, -0.2) is 9.59 Å². The fraction of sp³-hybridized carbons (Fsp3) is 0.409. The Labute approximate surface area is 193 Å². The molecule has 11 heteroatoms. The molecule has 1 aliphatic heterocycles. The molecule has 0 unspecified atom stereocenters. The first kappa shape index (κ1) is 24.6. The van der Waals surface area contributed by atoms with Crippen LogP contribution >= 0.6 is 11.8 Å². The monoisotopic (exact) mass is 482 g/mol. The third kappa shape index (κ3) is 6.04. The lowest BCUT2D eigenvalue weighted by Crippen LogP contribution is -2.38. The van der Waals surface area contributed by atoms with E-state index in [0.29, 0.717) is 16.2 Å². The second-order valence-corrected chi connectivity index (χ2v) is 9.27. The maximum atomic E-state index is 13.3. The number of esters is 1. The number of ether oxygens (including phenoxy) is 3. The summed E-state index contributed by atoms with van der Waals surface area (Å²) in [6, 6.07) is 5.15. The Morgan fingerprint density at radius 2 is 1.91 bits per heavy atom. The predicted molar refractivity (Wildman–Crippen MR) is 117 cm³/mol. The van der Waals surface area contributed by atoms with Gasteiger partial charge in [0.1, 0.15) is 11.4 Å². The van der Waals surface area contributed by atoms with Gasteiger partial charge in [-0.15, -0.1) is 11.8 Å². The summed E-state index contributed by atoms with van der Waals surface area (Å²) < 4.78 is 40.6. The van der Waals surface area contributed by atoms with Crippen LogP contribution in [0.1, 0.15) is 48.3 Å². The van der Waals surface area contributed by atoms with Crippen LogP contribution in [-0.2, 0) is 16.0 Å². The number of thioether (sulfide) groups is 1. The van der Waals surface area contributed by atoms with Crippen molar-refractivity contribution in [2.45, 2.75) is 50.5 Å². The van der Waals surface area contributed by atoms with Gasteiger partial charge in [0.2, 0.25) is 0 Å². The van der Waals surface area contributed by atoms with Gasteiger partial charge in [-0.3, -0.25) is 4.79 Å². The van der Waals surface area contributed by atoms with Crippen LogP contribution in [-0.4, -0.2) is 41.7 Å². The standard InChI is InChI=1S/C22H24F2N2O6S/c1-22(2,3)32-21(29)25-15-11-33-17-14(19(28)30-4)10-26(18(27)16(15)17)9-12-5-7-13(8-6-12)31-20(23)24/h5-8,10,15,20H,9,11H2,1-4H3,(H,25,29)/t15-/m0/s1. The number of methoxy groups -OCH3 is 1. The molecule has 1 aliphatic rings. The number of hydrogen-bond acceptors (Lipinski definition) is 7. The van der Waals surface area contributed by atoms with Crippen LogP contribution in [0.4, 0.5) is 13.6 Å². The minimum Gasteiger partial charge on any atom is -0.465 e. The number of alkyl carbamates (subject to hydrolysis) is 1.